The van der Waals surface area contributed by atoms with E-state index in [-0.39, 0.29) is 11.7 Å². The predicted molar refractivity (Wildman–Crippen MR) is 140 cm³/mol. The smallest absolute Gasteiger partial charge is 0.336 e. The molecule has 2 aromatic carbocycles. The maximum atomic E-state index is 13.8. The van der Waals surface area contributed by atoms with Crippen molar-refractivity contribution in [1.29, 1.82) is 0 Å². The first-order valence-corrected chi connectivity index (χ1v) is 12.2. The lowest BCUT2D eigenvalue weighted by Crippen LogP contribution is -2.36. The number of nitrogens with one attached hydrogen (secondary N) is 1. The molecule has 0 amide bonds. The van der Waals surface area contributed by atoms with Gasteiger partial charge in [0.25, 0.3) is 0 Å². The van der Waals surface area contributed by atoms with E-state index in [0.29, 0.717) is 53.4 Å². The predicted octanol–water partition coefficient (Wildman–Crippen LogP) is 4.69. The number of ether oxygens (including phenoxy) is 3. The van der Waals surface area contributed by atoms with Crippen molar-refractivity contribution >= 4 is 17.4 Å². The van der Waals surface area contributed by atoms with Gasteiger partial charge in [-0.05, 0) is 49.9 Å². The number of hydrogen-bond acceptors (Lipinski definition) is 7. The lowest BCUT2D eigenvalue weighted by molar-refractivity contribution is -0.136. The second-order valence-electron chi connectivity index (χ2n) is 9.31. The normalized spacial score (nSPS) is 19.4. The Morgan fingerprint density at radius 1 is 1.08 bits per heavy atom. The third kappa shape index (κ3) is 4.57. The first kappa shape index (κ1) is 25.4. The van der Waals surface area contributed by atoms with Crippen LogP contribution in [0.4, 0.5) is 5.69 Å². The summed E-state index contributed by atoms with van der Waals surface area (Å²) in [5.41, 5.74) is 5.46. The molecule has 2 atom stereocenters. The molecule has 0 bridgehead atoms. The SMILES string of the molecule is CCOc1c(OC)cccc1[C@@H]1C(C(=O)OC)=C(C)NC2=C1C(=O)C[C@H](c1ccc(N(C)C)cc1)C2. The average molecular weight is 491 g/mol. The first-order chi connectivity index (χ1) is 17.3. The molecule has 0 fully saturated rings. The van der Waals surface area contributed by atoms with E-state index in [0.717, 1.165) is 16.9 Å². The fourth-order valence-corrected chi connectivity index (χ4v) is 5.23. The highest BCUT2D eigenvalue weighted by Gasteiger charge is 2.42. The highest BCUT2D eigenvalue weighted by Crippen LogP contribution is 2.49. The molecule has 0 saturated carbocycles. The largest absolute Gasteiger partial charge is 0.493 e. The summed E-state index contributed by atoms with van der Waals surface area (Å²) >= 11 is 0. The number of anilines is 1. The van der Waals surface area contributed by atoms with Crippen LogP contribution in [0.3, 0.4) is 0 Å². The second-order valence-corrected chi connectivity index (χ2v) is 9.31. The number of carbonyl (C=O) groups excluding carboxylic acids is 2. The van der Waals surface area contributed by atoms with E-state index in [4.69, 9.17) is 14.2 Å². The Morgan fingerprint density at radius 3 is 2.42 bits per heavy atom. The topological polar surface area (TPSA) is 77.1 Å². The van der Waals surface area contributed by atoms with Crippen LogP contribution < -0.4 is 19.7 Å². The summed E-state index contributed by atoms with van der Waals surface area (Å²) in [6.07, 6.45) is 1.03. The minimum Gasteiger partial charge on any atom is -0.493 e. The van der Waals surface area contributed by atoms with Crippen molar-refractivity contribution in [2.45, 2.75) is 38.5 Å². The van der Waals surface area contributed by atoms with Crippen LogP contribution in [0.2, 0.25) is 0 Å². The van der Waals surface area contributed by atoms with Gasteiger partial charge in [-0.1, -0.05) is 24.3 Å². The number of esters is 1. The van der Waals surface area contributed by atoms with Gasteiger partial charge >= 0.3 is 5.97 Å². The highest BCUT2D eigenvalue weighted by atomic mass is 16.5. The third-order valence-electron chi connectivity index (χ3n) is 6.94. The van der Waals surface area contributed by atoms with Gasteiger partial charge in [0, 0.05) is 48.7 Å². The Kier molecular flexibility index (Phi) is 7.38. The molecule has 1 heterocycles. The number of nitrogens with zero attached hydrogens (tertiary/aromatic N) is 1. The van der Waals surface area contributed by atoms with Gasteiger partial charge in [-0.15, -0.1) is 0 Å². The molecule has 2 aliphatic rings. The molecule has 0 aromatic heterocycles. The quantitative estimate of drug-likeness (QED) is 0.564. The molecule has 2 aromatic rings. The first-order valence-electron chi connectivity index (χ1n) is 12.2. The molecule has 7 nitrogen and oxygen atoms in total. The fourth-order valence-electron chi connectivity index (χ4n) is 5.23. The molecule has 0 radical (unpaired) electrons. The highest BCUT2D eigenvalue weighted by molar-refractivity contribution is 6.04. The van der Waals surface area contributed by atoms with Crippen LogP contribution >= 0.6 is 0 Å². The van der Waals surface area contributed by atoms with E-state index >= 15 is 0 Å². The molecular formula is C29H34N2O5. The minimum atomic E-state index is -0.616. The number of hydrogen-bond donors (Lipinski definition) is 1. The van der Waals surface area contributed by atoms with E-state index in [9.17, 15) is 9.59 Å². The van der Waals surface area contributed by atoms with E-state index in [2.05, 4.69) is 34.5 Å². The Labute approximate surface area is 212 Å². The summed E-state index contributed by atoms with van der Waals surface area (Å²) in [4.78, 5) is 28.9. The third-order valence-corrected chi connectivity index (χ3v) is 6.94. The Hall–Kier alpha value is -3.74. The zero-order valence-corrected chi connectivity index (χ0v) is 21.8. The summed E-state index contributed by atoms with van der Waals surface area (Å²) in [5.74, 6) is 0.0500. The van der Waals surface area contributed by atoms with E-state index in [1.807, 2.05) is 46.1 Å². The molecule has 4 rings (SSSR count). The van der Waals surface area contributed by atoms with Gasteiger partial charge < -0.3 is 24.4 Å². The van der Waals surface area contributed by atoms with Crippen LogP contribution in [0, 0.1) is 0 Å². The number of methoxy groups -OCH3 is 2. The number of benzene rings is 2. The average Bonchev–Trinajstić information content (AvgIpc) is 2.87. The molecule has 0 unspecified atom stereocenters. The maximum absolute atomic E-state index is 13.8. The molecule has 0 spiro atoms. The maximum Gasteiger partial charge on any atom is 0.336 e. The number of ketones is 1. The summed E-state index contributed by atoms with van der Waals surface area (Å²) in [6, 6.07) is 13.9. The number of rotatable bonds is 7. The van der Waals surface area contributed by atoms with Gasteiger partial charge in [-0.25, -0.2) is 4.79 Å². The van der Waals surface area contributed by atoms with E-state index in [1.165, 1.54) is 7.11 Å². The van der Waals surface area contributed by atoms with Gasteiger partial charge in [0.15, 0.2) is 17.3 Å². The van der Waals surface area contributed by atoms with Crippen LogP contribution in [0.5, 0.6) is 11.5 Å². The van der Waals surface area contributed by atoms with Crippen molar-refractivity contribution in [2.24, 2.45) is 0 Å². The van der Waals surface area contributed by atoms with Crippen LogP contribution in [-0.4, -0.2) is 46.7 Å². The van der Waals surface area contributed by atoms with E-state index < -0.39 is 11.9 Å². The van der Waals surface area contributed by atoms with Crippen LogP contribution in [0.1, 0.15) is 49.7 Å². The number of Topliss-reactive ketones (excluding diaryl/α,β-unsaturated/α-hetero) is 1. The number of allylic oxidation sites excluding steroid dienone is 3. The van der Waals surface area contributed by atoms with Crippen molar-refractivity contribution in [3.63, 3.8) is 0 Å². The molecule has 1 aliphatic heterocycles. The number of para-hydroxylation sites is 1. The van der Waals surface area contributed by atoms with Gasteiger partial charge in [-0.2, -0.15) is 0 Å². The van der Waals surface area contributed by atoms with Gasteiger partial charge in [0.1, 0.15) is 0 Å². The summed E-state index contributed by atoms with van der Waals surface area (Å²) in [5, 5.41) is 3.38. The molecule has 1 N–H and O–H groups in total. The minimum absolute atomic E-state index is 0.00890. The summed E-state index contributed by atoms with van der Waals surface area (Å²) in [6.45, 7) is 4.16. The van der Waals surface area contributed by atoms with Crippen molar-refractivity contribution in [2.75, 3.05) is 39.8 Å². The lowest BCUT2D eigenvalue weighted by atomic mass is 9.71. The van der Waals surface area contributed by atoms with E-state index in [1.54, 1.807) is 7.11 Å². The number of dihydropyridines is 1. The van der Waals surface area contributed by atoms with Crippen molar-refractivity contribution < 1.29 is 23.8 Å². The Morgan fingerprint density at radius 2 is 1.81 bits per heavy atom. The second kappa shape index (κ2) is 10.5. The molecule has 1 aliphatic carbocycles. The Bertz CT molecular complexity index is 1230. The molecule has 36 heavy (non-hydrogen) atoms. The molecule has 7 heteroatoms. The van der Waals surface area contributed by atoms with Gasteiger partial charge in [0.2, 0.25) is 0 Å². The standard InChI is InChI=1S/C29H34N2O5/c1-7-36-28-21(9-8-10-24(28)34-5)26-25(29(33)35-6)17(2)30-22-15-19(16-23(32)27(22)26)18-11-13-20(14-12-18)31(3)4/h8-14,19,26,30H,7,15-16H2,1-6H3/t19-,26-/m1/s1. The van der Waals surface area contributed by atoms with Crippen LogP contribution in [-0.2, 0) is 14.3 Å². The number of carbonyl (C=O) groups is 2. The summed E-state index contributed by atoms with van der Waals surface area (Å²) in [7, 11) is 6.94. The molecule has 0 saturated heterocycles. The lowest BCUT2D eigenvalue weighted by Gasteiger charge is -2.37. The zero-order chi connectivity index (χ0) is 26.0. The zero-order valence-electron chi connectivity index (χ0n) is 21.8. The van der Waals surface area contributed by atoms with Crippen molar-refractivity contribution in [1.82, 2.24) is 5.32 Å². The fraction of sp³-hybridized carbons (Fsp3) is 0.379. The van der Waals surface area contributed by atoms with Crippen molar-refractivity contribution in [3.05, 3.63) is 76.1 Å². The van der Waals surface area contributed by atoms with Crippen LogP contribution in [0.15, 0.2) is 65.0 Å². The molecule has 190 valence electrons. The monoisotopic (exact) mass is 490 g/mol. The Balaban J connectivity index is 1.83. The van der Waals surface area contributed by atoms with Gasteiger partial charge in [-0.3, -0.25) is 4.79 Å². The van der Waals surface area contributed by atoms with Crippen molar-refractivity contribution in [3.8, 4) is 11.5 Å². The summed E-state index contributed by atoms with van der Waals surface area (Å²) < 4.78 is 16.7. The molecular weight excluding hydrogens is 456 g/mol. The van der Waals surface area contributed by atoms with Gasteiger partial charge in [0.05, 0.1) is 32.3 Å². The van der Waals surface area contributed by atoms with Crippen LogP contribution in [0.25, 0.3) is 0 Å².